The molecule has 6 heteroatoms. The van der Waals surface area contributed by atoms with Crippen LogP contribution in [0.25, 0.3) is 10.9 Å². The summed E-state index contributed by atoms with van der Waals surface area (Å²) in [4.78, 5) is 13.3. The summed E-state index contributed by atoms with van der Waals surface area (Å²) in [6, 6.07) is 7.33. The van der Waals surface area contributed by atoms with Crippen LogP contribution in [0, 0.1) is 0 Å². The Morgan fingerprint density at radius 2 is 2.05 bits per heavy atom. The van der Waals surface area contributed by atoms with Crippen molar-refractivity contribution in [2.45, 2.75) is 13.3 Å². The highest BCUT2D eigenvalue weighted by Gasteiger charge is 2.20. The van der Waals surface area contributed by atoms with E-state index >= 15 is 0 Å². The molecule has 106 valence electrons. The molecule has 2 aromatic rings. The number of aliphatic hydroxyl groups is 1. The smallest absolute Gasteiger partial charge is 0.358 e. The van der Waals surface area contributed by atoms with Crippen molar-refractivity contribution in [1.82, 2.24) is 10.2 Å². The van der Waals surface area contributed by atoms with Crippen LogP contribution in [0.1, 0.15) is 23.8 Å². The number of carboxylic acid groups (broad SMARTS) is 1. The molecule has 0 aliphatic carbocycles. The van der Waals surface area contributed by atoms with E-state index in [1.54, 1.807) is 6.07 Å². The number of aromatic carboxylic acids is 1. The standard InChI is InChI=1S/C14H17N3O3/c1-2-17(8-5-9-18)13-10-6-3-4-7-11(10)15-16-12(13)14(19)20/h3-4,6-7,18H,2,5,8-9H2,1H3,(H,19,20). The Hall–Kier alpha value is -2.21. The Morgan fingerprint density at radius 3 is 2.70 bits per heavy atom. The second kappa shape index (κ2) is 6.29. The molecule has 0 radical (unpaired) electrons. The largest absolute Gasteiger partial charge is 0.476 e. The summed E-state index contributed by atoms with van der Waals surface area (Å²) in [6.45, 7) is 3.21. The van der Waals surface area contributed by atoms with Gasteiger partial charge in [0, 0.05) is 25.1 Å². The lowest BCUT2D eigenvalue weighted by atomic mass is 10.1. The first-order valence-electron chi connectivity index (χ1n) is 6.53. The molecular formula is C14H17N3O3. The van der Waals surface area contributed by atoms with Gasteiger partial charge in [0.1, 0.15) is 0 Å². The number of anilines is 1. The highest BCUT2D eigenvalue weighted by molar-refractivity contribution is 6.02. The number of benzene rings is 1. The molecule has 0 bridgehead atoms. The van der Waals surface area contributed by atoms with Crippen molar-refractivity contribution in [3.05, 3.63) is 30.0 Å². The van der Waals surface area contributed by atoms with E-state index in [0.29, 0.717) is 30.7 Å². The van der Waals surface area contributed by atoms with E-state index in [0.717, 1.165) is 5.39 Å². The molecule has 0 aliphatic heterocycles. The molecule has 1 aromatic heterocycles. The highest BCUT2D eigenvalue weighted by atomic mass is 16.4. The van der Waals surface area contributed by atoms with Crippen LogP contribution in [0.5, 0.6) is 0 Å². The second-order valence-corrected chi connectivity index (χ2v) is 4.38. The van der Waals surface area contributed by atoms with Gasteiger partial charge in [0.15, 0.2) is 5.69 Å². The summed E-state index contributed by atoms with van der Waals surface area (Å²) in [5.41, 5.74) is 1.18. The van der Waals surface area contributed by atoms with Gasteiger partial charge in [0.25, 0.3) is 0 Å². The van der Waals surface area contributed by atoms with Crippen LogP contribution < -0.4 is 4.90 Å². The van der Waals surface area contributed by atoms with Gasteiger partial charge in [-0.2, -0.15) is 0 Å². The van der Waals surface area contributed by atoms with Crippen molar-refractivity contribution in [3.8, 4) is 0 Å². The molecule has 0 saturated carbocycles. The first-order chi connectivity index (χ1) is 9.69. The minimum atomic E-state index is -1.10. The van der Waals surface area contributed by atoms with E-state index in [2.05, 4.69) is 10.2 Å². The molecule has 0 spiro atoms. The zero-order valence-electron chi connectivity index (χ0n) is 11.3. The molecule has 0 atom stereocenters. The minimum absolute atomic E-state index is 0.0523. The van der Waals surface area contributed by atoms with Crippen molar-refractivity contribution < 1.29 is 15.0 Å². The van der Waals surface area contributed by atoms with Gasteiger partial charge in [-0.15, -0.1) is 10.2 Å². The van der Waals surface area contributed by atoms with Gasteiger partial charge in [-0.25, -0.2) is 4.79 Å². The van der Waals surface area contributed by atoms with Crippen molar-refractivity contribution in [3.63, 3.8) is 0 Å². The Bertz CT molecular complexity index is 616. The van der Waals surface area contributed by atoms with Gasteiger partial charge in [0.2, 0.25) is 0 Å². The van der Waals surface area contributed by atoms with Crippen LogP contribution >= 0.6 is 0 Å². The predicted molar refractivity (Wildman–Crippen MR) is 76.1 cm³/mol. The SMILES string of the molecule is CCN(CCCO)c1c(C(=O)O)nnc2ccccc12. The van der Waals surface area contributed by atoms with Crippen LogP contribution in [0.3, 0.4) is 0 Å². The summed E-state index contributed by atoms with van der Waals surface area (Å²) >= 11 is 0. The monoisotopic (exact) mass is 275 g/mol. The van der Waals surface area contributed by atoms with Crippen LogP contribution in [-0.2, 0) is 0 Å². The number of rotatable bonds is 6. The van der Waals surface area contributed by atoms with E-state index in [1.165, 1.54) is 0 Å². The third kappa shape index (κ3) is 2.70. The predicted octanol–water partition coefficient (Wildman–Crippen LogP) is 1.54. The first kappa shape index (κ1) is 14.2. The number of hydrogen-bond donors (Lipinski definition) is 2. The zero-order chi connectivity index (χ0) is 14.5. The molecule has 1 aromatic carbocycles. The quantitative estimate of drug-likeness (QED) is 0.831. The van der Waals surface area contributed by atoms with Crippen molar-refractivity contribution in [2.24, 2.45) is 0 Å². The molecule has 20 heavy (non-hydrogen) atoms. The van der Waals surface area contributed by atoms with Crippen LogP contribution in [-0.4, -0.2) is 46.1 Å². The topological polar surface area (TPSA) is 86.5 Å². The molecule has 2 rings (SSSR count). The summed E-state index contributed by atoms with van der Waals surface area (Å²) in [6.07, 6.45) is 0.573. The number of nitrogens with zero attached hydrogens (tertiary/aromatic N) is 3. The maximum Gasteiger partial charge on any atom is 0.358 e. The molecule has 1 heterocycles. The fourth-order valence-corrected chi connectivity index (χ4v) is 2.19. The summed E-state index contributed by atoms with van der Waals surface area (Å²) < 4.78 is 0. The van der Waals surface area contributed by atoms with Gasteiger partial charge in [-0.1, -0.05) is 18.2 Å². The molecule has 0 aliphatic rings. The van der Waals surface area contributed by atoms with Crippen molar-refractivity contribution in [2.75, 3.05) is 24.6 Å². The average molecular weight is 275 g/mol. The fourth-order valence-electron chi connectivity index (χ4n) is 2.19. The lowest BCUT2D eigenvalue weighted by molar-refractivity contribution is 0.0690. The normalized spacial score (nSPS) is 10.7. The maximum absolute atomic E-state index is 11.4. The summed E-state index contributed by atoms with van der Waals surface area (Å²) in [5, 5.41) is 26.8. The maximum atomic E-state index is 11.4. The molecule has 0 unspecified atom stereocenters. The van der Waals surface area contributed by atoms with Gasteiger partial charge in [-0.05, 0) is 19.4 Å². The van der Waals surface area contributed by atoms with E-state index in [4.69, 9.17) is 5.11 Å². The number of hydrogen-bond acceptors (Lipinski definition) is 5. The number of aliphatic hydroxyl groups excluding tert-OH is 1. The highest BCUT2D eigenvalue weighted by Crippen LogP contribution is 2.28. The van der Waals surface area contributed by atoms with Gasteiger partial charge >= 0.3 is 5.97 Å². The van der Waals surface area contributed by atoms with E-state index in [1.807, 2.05) is 30.0 Å². The Balaban J connectivity index is 2.61. The van der Waals surface area contributed by atoms with Gasteiger partial charge in [-0.3, -0.25) is 0 Å². The minimum Gasteiger partial charge on any atom is -0.476 e. The molecule has 0 saturated heterocycles. The lowest BCUT2D eigenvalue weighted by Gasteiger charge is -2.25. The van der Waals surface area contributed by atoms with Crippen molar-refractivity contribution in [1.29, 1.82) is 0 Å². The van der Waals surface area contributed by atoms with E-state index in [-0.39, 0.29) is 12.3 Å². The number of aromatic nitrogens is 2. The molecular weight excluding hydrogens is 258 g/mol. The first-order valence-corrected chi connectivity index (χ1v) is 6.53. The van der Waals surface area contributed by atoms with Crippen molar-refractivity contribution >= 4 is 22.6 Å². The average Bonchev–Trinajstić information content (AvgIpc) is 2.47. The fraction of sp³-hybridized carbons (Fsp3) is 0.357. The van der Waals surface area contributed by atoms with Crippen LogP contribution in [0.2, 0.25) is 0 Å². The van der Waals surface area contributed by atoms with Crippen LogP contribution in [0.15, 0.2) is 24.3 Å². The Kier molecular flexibility index (Phi) is 4.47. The summed E-state index contributed by atoms with van der Waals surface area (Å²) in [7, 11) is 0. The Morgan fingerprint density at radius 1 is 1.30 bits per heavy atom. The summed E-state index contributed by atoms with van der Waals surface area (Å²) in [5.74, 6) is -1.10. The number of fused-ring (bicyclic) bond motifs is 1. The molecule has 0 fully saturated rings. The lowest BCUT2D eigenvalue weighted by Crippen LogP contribution is -2.27. The Labute approximate surface area is 116 Å². The third-order valence-corrected chi connectivity index (χ3v) is 3.13. The second-order valence-electron chi connectivity index (χ2n) is 4.38. The molecule has 0 amide bonds. The van der Waals surface area contributed by atoms with Crippen LogP contribution in [0.4, 0.5) is 5.69 Å². The molecule has 6 nitrogen and oxygen atoms in total. The number of carbonyl (C=O) groups is 1. The molecule has 2 N–H and O–H groups in total. The van der Waals surface area contributed by atoms with E-state index in [9.17, 15) is 9.90 Å². The van der Waals surface area contributed by atoms with Gasteiger partial charge < -0.3 is 15.1 Å². The van der Waals surface area contributed by atoms with E-state index < -0.39 is 5.97 Å². The van der Waals surface area contributed by atoms with Gasteiger partial charge in [0.05, 0.1) is 11.2 Å². The third-order valence-electron chi connectivity index (χ3n) is 3.13. The zero-order valence-corrected chi connectivity index (χ0v) is 11.3. The number of carboxylic acids is 1.